The monoisotopic (exact) mass is 326 g/mol. The number of benzene rings is 1. The quantitative estimate of drug-likeness (QED) is 0.856. The average molecular weight is 326 g/mol. The average Bonchev–Trinajstić information content (AvgIpc) is 3.19. The summed E-state index contributed by atoms with van der Waals surface area (Å²) in [4.78, 5) is 26.2. The molecule has 2 aliphatic heterocycles. The zero-order chi connectivity index (χ0) is 16.6. The predicted octanol–water partition coefficient (Wildman–Crippen LogP) is 1.71. The molecule has 0 bridgehead atoms. The van der Waals surface area contributed by atoms with Crippen LogP contribution in [-0.2, 0) is 9.53 Å². The first kappa shape index (κ1) is 15.3. The van der Waals surface area contributed by atoms with Crippen LogP contribution in [0.15, 0.2) is 30.5 Å². The molecule has 6 heteroatoms. The molecule has 1 amide bonds. The number of aromatic nitrogens is 2. The maximum atomic E-state index is 12.8. The Labute approximate surface area is 141 Å². The van der Waals surface area contributed by atoms with Gasteiger partial charge in [0.2, 0.25) is 5.91 Å². The van der Waals surface area contributed by atoms with Gasteiger partial charge < -0.3 is 14.5 Å². The Morgan fingerprint density at radius 1 is 1.21 bits per heavy atom. The summed E-state index contributed by atoms with van der Waals surface area (Å²) >= 11 is 0. The van der Waals surface area contributed by atoms with Crippen molar-refractivity contribution in [3.63, 3.8) is 0 Å². The van der Waals surface area contributed by atoms with Gasteiger partial charge in [-0.05, 0) is 25.0 Å². The third kappa shape index (κ3) is 2.51. The summed E-state index contributed by atoms with van der Waals surface area (Å²) in [5.41, 5.74) is 1.55. The molecule has 1 aromatic carbocycles. The molecule has 2 saturated heterocycles. The van der Waals surface area contributed by atoms with Gasteiger partial charge in [-0.25, -0.2) is 4.98 Å². The van der Waals surface area contributed by atoms with Gasteiger partial charge in [0.1, 0.15) is 5.82 Å². The number of para-hydroxylation sites is 2. The van der Waals surface area contributed by atoms with Gasteiger partial charge in [0.05, 0.1) is 29.3 Å². The molecule has 1 spiro atoms. The standard InChI is InChI=1S/C18H22N4O2/c1-24-11-10-21-8-6-18(17(21)23)7-9-22(13-18)16-12-19-14-4-2-3-5-15(14)20-16/h2-5,12H,6-11,13H2,1H3. The van der Waals surface area contributed by atoms with E-state index in [1.165, 1.54) is 0 Å². The van der Waals surface area contributed by atoms with E-state index in [0.29, 0.717) is 13.2 Å². The van der Waals surface area contributed by atoms with Crippen LogP contribution in [0.1, 0.15) is 12.8 Å². The Kier molecular flexibility index (Phi) is 3.84. The van der Waals surface area contributed by atoms with Crippen molar-refractivity contribution in [2.24, 2.45) is 5.41 Å². The Balaban J connectivity index is 1.52. The fraction of sp³-hybridized carbons (Fsp3) is 0.500. The minimum absolute atomic E-state index is 0.249. The molecule has 1 aromatic heterocycles. The molecule has 4 rings (SSSR count). The molecule has 1 unspecified atom stereocenters. The Hall–Kier alpha value is -2.21. The molecule has 0 N–H and O–H groups in total. The zero-order valence-electron chi connectivity index (χ0n) is 13.9. The van der Waals surface area contributed by atoms with Crippen molar-refractivity contribution in [3.05, 3.63) is 30.5 Å². The van der Waals surface area contributed by atoms with Gasteiger partial charge >= 0.3 is 0 Å². The van der Waals surface area contributed by atoms with Crippen LogP contribution < -0.4 is 4.90 Å². The van der Waals surface area contributed by atoms with Crippen LogP contribution in [0, 0.1) is 5.41 Å². The predicted molar refractivity (Wildman–Crippen MR) is 91.9 cm³/mol. The lowest BCUT2D eigenvalue weighted by Crippen LogP contribution is -2.38. The van der Waals surface area contributed by atoms with Crippen molar-refractivity contribution in [3.8, 4) is 0 Å². The maximum Gasteiger partial charge on any atom is 0.230 e. The van der Waals surface area contributed by atoms with Crippen molar-refractivity contribution in [2.45, 2.75) is 12.8 Å². The lowest BCUT2D eigenvalue weighted by molar-refractivity contribution is -0.135. The summed E-state index contributed by atoms with van der Waals surface area (Å²) in [7, 11) is 1.67. The number of carbonyl (C=O) groups is 1. The van der Waals surface area contributed by atoms with Crippen LogP contribution >= 0.6 is 0 Å². The number of rotatable bonds is 4. The zero-order valence-corrected chi connectivity index (χ0v) is 13.9. The summed E-state index contributed by atoms with van der Waals surface area (Å²) < 4.78 is 5.11. The number of amides is 1. The smallest absolute Gasteiger partial charge is 0.230 e. The first-order valence-corrected chi connectivity index (χ1v) is 8.47. The van der Waals surface area contributed by atoms with E-state index in [2.05, 4.69) is 9.88 Å². The SMILES string of the molecule is COCCN1CCC2(CCN(c3cnc4ccccc4n3)C2)C1=O. The maximum absolute atomic E-state index is 12.8. The molecule has 0 aliphatic carbocycles. The molecule has 3 heterocycles. The first-order valence-electron chi connectivity index (χ1n) is 8.47. The molecule has 2 aromatic rings. The van der Waals surface area contributed by atoms with E-state index in [9.17, 15) is 4.79 Å². The topological polar surface area (TPSA) is 58.6 Å². The molecular formula is C18H22N4O2. The number of carbonyl (C=O) groups excluding carboxylic acids is 1. The highest BCUT2D eigenvalue weighted by molar-refractivity contribution is 5.86. The Morgan fingerprint density at radius 3 is 2.83 bits per heavy atom. The molecular weight excluding hydrogens is 304 g/mol. The van der Waals surface area contributed by atoms with Crippen molar-refractivity contribution in [2.75, 3.05) is 44.8 Å². The van der Waals surface area contributed by atoms with Gasteiger partial charge in [-0.1, -0.05) is 12.1 Å². The summed E-state index contributed by atoms with van der Waals surface area (Å²) in [6, 6.07) is 7.88. The van der Waals surface area contributed by atoms with Gasteiger partial charge in [-0.3, -0.25) is 9.78 Å². The Bertz CT molecular complexity index is 766. The number of methoxy groups -OCH3 is 1. The van der Waals surface area contributed by atoms with Gasteiger partial charge in [-0.15, -0.1) is 0 Å². The van der Waals surface area contributed by atoms with Crippen molar-refractivity contribution in [1.29, 1.82) is 0 Å². The number of nitrogens with zero attached hydrogens (tertiary/aromatic N) is 4. The van der Waals surface area contributed by atoms with E-state index in [4.69, 9.17) is 9.72 Å². The number of ether oxygens (including phenoxy) is 1. The molecule has 0 saturated carbocycles. The lowest BCUT2D eigenvalue weighted by Gasteiger charge is -2.24. The highest BCUT2D eigenvalue weighted by atomic mass is 16.5. The number of fused-ring (bicyclic) bond motifs is 1. The molecule has 126 valence electrons. The van der Waals surface area contributed by atoms with Crippen LogP contribution in [0.5, 0.6) is 0 Å². The summed E-state index contributed by atoms with van der Waals surface area (Å²) in [5, 5.41) is 0. The lowest BCUT2D eigenvalue weighted by atomic mass is 9.85. The first-order chi connectivity index (χ1) is 11.7. The number of hydrogen-bond acceptors (Lipinski definition) is 5. The minimum Gasteiger partial charge on any atom is -0.383 e. The van der Waals surface area contributed by atoms with Gasteiger partial charge in [0.15, 0.2) is 0 Å². The van der Waals surface area contributed by atoms with Gasteiger partial charge in [-0.2, -0.15) is 0 Å². The van der Waals surface area contributed by atoms with E-state index in [0.717, 1.165) is 49.3 Å². The fourth-order valence-electron chi connectivity index (χ4n) is 3.85. The van der Waals surface area contributed by atoms with Gasteiger partial charge in [0, 0.05) is 33.3 Å². The van der Waals surface area contributed by atoms with Crippen LogP contribution in [0.4, 0.5) is 5.82 Å². The molecule has 2 aliphatic rings. The molecule has 1 atom stereocenters. The highest BCUT2D eigenvalue weighted by Crippen LogP contribution is 2.41. The van der Waals surface area contributed by atoms with E-state index >= 15 is 0 Å². The summed E-state index contributed by atoms with van der Waals surface area (Å²) in [6.45, 7) is 3.72. The van der Waals surface area contributed by atoms with E-state index in [1.54, 1.807) is 7.11 Å². The fourth-order valence-corrected chi connectivity index (χ4v) is 3.85. The second-order valence-corrected chi connectivity index (χ2v) is 6.70. The second kappa shape index (κ2) is 6.02. The molecule has 2 fully saturated rings. The third-order valence-corrected chi connectivity index (χ3v) is 5.28. The van der Waals surface area contributed by atoms with Crippen LogP contribution in [0.3, 0.4) is 0 Å². The number of hydrogen-bond donors (Lipinski definition) is 0. The number of likely N-dealkylation sites (tertiary alicyclic amines) is 1. The van der Waals surface area contributed by atoms with Gasteiger partial charge in [0.25, 0.3) is 0 Å². The Morgan fingerprint density at radius 2 is 2.00 bits per heavy atom. The molecule has 24 heavy (non-hydrogen) atoms. The highest BCUT2D eigenvalue weighted by Gasteiger charge is 2.50. The van der Waals surface area contributed by atoms with Crippen molar-refractivity contribution in [1.82, 2.24) is 14.9 Å². The second-order valence-electron chi connectivity index (χ2n) is 6.70. The normalized spacial score (nSPS) is 23.8. The van der Waals surface area contributed by atoms with Crippen LogP contribution in [-0.4, -0.2) is 60.7 Å². The van der Waals surface area contributed by atoms with Crippen molar-refractivity contribution >= 4 is 22.8 Å². The van der Waals surface area contributed by atoms with Crippen LogP contribution in [0.25, 0.3) is 11.0 Å². The third-order valence-electron chi connectivity index (χ3n) is 5.28. The van der Waals surface area contributed by atoms with Crippen molar-refractivity contribution < 1.29 is 9.53 Å². The van der Waals surface area contributed by atoms with Crippen LogP contribution in [0.2, 0.25) is 0 Å². The number of anilines is 1. The largest absolute Gasteiger partial charge is 0.383 e. The summed E-state index contributed by atoms with van der Waals surface area (Å²) in [6.07, 6.45) is 3.64. The molecule has 0 radical (unpaired) electrons. The van der Waals surface area contributed by atoms with E-state index < -0.39 is 0 Å². The summed E-state index contributed by atoms with van der Waals surface area (Å²) in [5.74, 6) is 1.14. The van der Waals surface area contributed by atoms with E-state index in [1.807, 2.05) is 35.4 Å². The van der Waals surface area contributed by atoms with E-state index in [-0.39, 0.29) is 11.3 Å². The minimum atomic E-state index is -0.249. The molecule has 6 nitrogen and oxygen atoms in total.